The van der Waals surface area contributed by atoms with Gasteiger partial charge in [-0.15, -0.1) is 11.8 Å². The molecular formula is C17H19NOS. The Morgan fingerprint density at radius 3 is 2.30 bits per heavy atom. The second-order valence-electron chi connectivity index (χ2n) is 4.81. The van der Waals surface area contributed by atoms with Gasteiger partial charge in [0, 0.05) is 17.0 Å². The lowest BCUT2D eigenvalue weighted by Gasteiger charge is -2.15. The predicted molar refractivity (Wildman–Crippen MR) is 85.3 cm³/mol. The first-order valence-electron chi connectivity index (χ1n) is 6.59. The summed E-state index contributed by atoms with van der Waals surface area (Å²) in [4.78, 5) is 15.4. The van der Waals surface area contributed by atoms with Crippen molar-refractivity contribution in [1.82, 2.24) is 4.90 Å². The maximum absolute atomic E-state index is 12.2. The van der Waals surface area contributed by atoms with E-state index in [1.165, 1.54) is 10.5 Å². The highest BCUT2D eigenvalue weighted by atomic mass is 32.2. The summed E-state index contributed by atoms with van der Waals surface area (Å²) in [7, 11) is 1.97. The smallest absolute Gasteiger partial charge is 0.176 e. The monoisotopic (exact) mass is 285 g/mol. The number of carbonyl (C=O) groups is 1. The molecule has 0 spiro atoms. The van der Waals surface area contributed by atoms with Crippen molar-refractivity contribution in [1.29, 1.82) is 0 Å². The second kappa shape index (κ2) is 7.27. The van der Waals surface area contributed by atoms with Gasteiger partial charge in [-0.2, -0.15) is 0 Å². The average molecular weight is 285 g/mol. The maximum atomic E-state index is 12.2. The molecule has 104 valence electrons. The van der Waals surface area contributed by atoms with Gasteiger partial charge < -0.3 is 0 Å². The van der Waals surface area contributed by atoms with Gasteiger partial charge in [0.25, 0.3) is 0 Å². The van der Waals surface area contributed by atoms with E-state index < -0.39 is 0 Å². The Hall–Kier alpha value is -1.58. The maximum Gasteiger partial charge on any atom is 0.176 e. The van der Waals surface area contributed by atoms with Gasteiger partial charge in [-0.3, -0.25) is 9.69 Å². The molecule has 0 aliphatic rings. The van der Waals surface area contributed by atoms with Crippen LogP contribution < -0.4 is 0 Å². The normalized spacial score (nSPS) is 10.8. The van der Waals surface area contributed by atoms with E-state index in [-0.39, 0.29) is 5.78 Å². The van der Waals surface area contributed by atoms with Crippen LogP contribution in [0.5, 0.6) is 0 Å². The van der Waals surface area contributed by atoms with E-state index in [1.807, 2.05) is 60.7 Å². The Morgan fingerprint density at radius 2 is 1.70 bits per heavy atom. The summed E-state index contributed by atoms with van der Waals surface area (Å²) < 4.78 is 0. The van der Waals surface area contributed by atoms with Gasteiger partial charge in [-0.05, 0) is 31.0 Å². The number of rotatable bonds is 6. The van der Waals surface area contributed by atoms with Crippen LogP contribution in [0, 0.1) is 0 Å². The number of ketones is 1. The lowest BCUT2D eigenvalue weighted by atomic mass is 10.1. The molecule has 0 aromatic heterocycles. The average Bonchev–Trinajstić information content (AvgIpc) is 2.48. The minimum Gasteiger partial charge on any atom is -0.295 e. The van der Waals surface area contributed by atoms with E-state index >= 15 is 0 Å². The number of hydrogen-bond acceptors (Lipinski definition) is 3. The van der Waals surface area contributed by atoms with Crippen LogP contribution >= 0.6 is 11.8 Å². The Bertz CT molecular complexity index is 551. The van der Waals surface area contributed by atoms with E-state index in [2.05, 4.69) is 12.1 Å². The van der Waals surface area contributed by atoms with Gasteiger partial charge in [0.05, 0.1) is 6.54 Å². The number of hydrogen-bond donors (Lipinski definition) is 0. The molecule has 0 aliphatic heterocycles. The summed E-state index contributed by atoms with van der Waals surface area (Å²) in [6, 6.07) is 18.0. The summed E-state index contributed by atoms with van der Waals surface area (Å²) in [5, 5.41) is 0. The largest absolute Gasteiger partial charge is 0.295 e. The number of likely N-dealkylation sites (N-methyl/N-ethyl adjacent to an activating group) is 1. The predicted octanol–water partition coefficient (Wildman–Crippen LogP) is 3.72. The highest BCUT2D eigenvalue weighted by Gasteiger charge is 2.09. The summed E-state index contributed by atoms with van der Waals surface area (Å²) in [6.07, 6.45) is 2.03. The van der Waals surface area contributed by atoms with Crippen LogP contribution in [0.15, 0.2) is 59.5 Å². The molecule has 0 saturated heterocycles. The van der Waals surface area contributed by atoms with E-state index in [0.29, 0.717) is 6.54 Å². The third-order valence-corrected chi connectivity index (χ3v) is 3.86. The molecule has 0 unspecified atom stereocenters. The molecule has 2 aromatic carbocycles. The van der Waals surface area contributed by atoms with Crippen LogP contribution in [0.4, 0.5) is 0 Å². The van der Waals surface area contributed by atoms with Crippen LogP contribution in [0.25, 0.3) is 0 Å². The standard InChI is InChI=1S/C17H19NOS/c1-18(12-14-6-4-3-5-7-14)13-17(19)15-8-10-16(20-2)11-9-15/h3-11H,12-13H2,1-2H3. The van der Waals surface area contributed by atoms with Crippen molar-refractivity contribution >= 4 is 17.5 Å². The van der Waals surface area contributed by atoms with E-state index in [1.54, 1.807) is 11.8 Å². The number of carbonyl (C=O) groups excluding carboxylic acids is 1. The third kappa shape index (κ3) is 4.22. The van der Waals surface area contributed by atoms with Crippen LogP contribution in [-0.2, 0) is 6.54 Å². The SMILES string of the molecule is CSc1ccc(C(=O)CN(C)Cc2ccccc2)cc1. The van der Waals surface area contributed by atoms with Gasteiger partial charge >= 0.3 is 0 Å². The number of Topliss-reactive ketones (excluding diaryl/α,β-unsaturated/α-hetero) is 1. The lowest BCUT2D eigenvalue weighted by molar-refractivity contribution is 0.0943. The molecule has 2 nitrogen and oxygen atoms in total. The fourth-order valence-electron chi connectivity index (χ4n) is 2.06. The molecule has 0 heterocycles. The number of thioether (sulfide) groups is 1. The fraction of sp³-hybridized carbons (Fsp3) is 0.235. The molecule has 20 heavy (non-hydrogen) atoms. The minimum absolute atomic E-state index is 0.163. The Balaban J connectivity index is 1.93. The minimum atomic E-state index is 0.163. The second-order valence-corrected chi connectivity index (χ2v) is 5.69. The van der Waals surface area contributed by atoms with Crippen LogP contribution in [0.3, 0.4) is 0 Å². The first-order valence-corrected chi connectivity index (χ1v) is 7.81. The van der Waals surface area contributed by atoms with Crippen LogP contribution in [0.1, 0.15) is 15.9 Å². The van der Waals surface area contributed by atoms with E-state index in [0.717, 1.165) is 12.1 Å². The van der Waals surface area contributed by atoms with E-state index in [4.69, 9.17) is 0 Å². The van der Waals surface area contributed by atoms with Crippen molar-refractivity contribution in [2.24, 2.45) is 0 Å². The van der Waals surface area contributed by atoms with Crippen LogP contribution in [0.2, 0.25) is 0 Å². The fourth-order valence-corrected chi connectivity index (χ4v) is 2.47. The van der Waals surface area contributed by atoms with Gasteiger partial charge in [0.15, 0.2) is 5.78 Å². The summed E-state index contributed by atoms with van der Waals surface area (Å²) in [5.74, 6) is 0.163. The molecule has 0 saturated carbocycles. The highest BCUT2D eigenvalue weighted by Crippen LogP contribution is 2.15. The Labute approximate surface area is 124 Å². The molecule has 0 amide bonds. The zero-order chi connectivity index (χ0) is 14.4. The van der Waals surface area contributed by atoms with Gasteiger partial charge in [-0.25, -0.2) is 0 Å². The summed E-state index contributed by atoms with van der Waals surface area (Å²) >= 11 is 1.68. The molecule has 0 N–H and O–H groups in total. The topological polar surface area (TPSA) is 20.3 Å². The molecule has 3 heteroatoms. The van der Waals surface area contributed by atoms with Crippen molar-refractivity contribution in [2.45, 2.75) is 11.4 Å². The first kappa shape index (κ1) is 14.8. The molecule has 0 fully saturated rings. The molecular weight excluding hydrogens is 266 g/mol. The van der Waals surface area contributed by atoms with Crippen molar-refractivity contribution in [3.63, 3.8) is 0 Å². The van der Waals surface area contributed by atoms with Crippen molar-refractivity contribution in [3.8, 4) is 0 Å². The van der Waals surface area contributed by atoms with Crippen LogP contribution in [-0.4, -0.2) is 30.5 Å². The molecule has 0 aliphatic carbocycles. The first-order chi connectivity index (χ1) is 9.69. The highest BCUT2D eigenvalue weighted by molar-refractivity contribution is 7.98. The molecule has 0 bridgehead atoms. The zero-order valence-corrected chi connectivity index (χ0v) is 12.7. The quantitative estimate of drug-likeness (QED) is 0.596. The molecule has 2 rings (SSSR count). The molecule has 0 radical (unpaired) electrons. The van der Waals surface area contributed by atoms with Gasteiger partial charge in [0.1, 0.15) is 0 Å². The molecule has 2 aromatic rings. The summed E-state index contributed by atoms with van der Waals surface area (Å²) in [6.45, 7) is 1.23. The van der Waals surface area contributed by atoms with Gasteiger partial charge in [0.2, 0.25) is 0 Å². The van der Waals surface area contributed by atoms with E-state index in [9.17, 15) is 4.79 Å². The molecule has 0 atom stereocenters. The Kier molecular flexibility index (Phi) is 5.39. The third-order valence-electron chi connectivity index (χ3n) is 3.12. The number of nitrogens with zero attached hydrogens (tertiary/aromatic N) is 1. The number of benzene rings is 2. The lowest BCUT2D eigenvalue weighted by Crippen LogP contribution is -2.25. The van der Waals surface area contributed by atoms with Crippen molar-refractivity contribution in [2.75, 3.05) is 19.8 Å². The summed E-state index contributed by atoms with van der Waals surface area (Å²) in [5.41, 5.74) is 2.00. The van der Waals surface area contributed by atoms with Crippen molar-refractivity contribution < 1.29 is 4.79 Å². The Morgan fingerprint density at radius 1 is 1.05 bits per heavy atom. The van der Waals surface area contributed by atoms with Gasteiger partial charge in [-0.1, -0.05) is 42.5 Å². The zero-order valence-electron chi connectivity index (χ0n) is 11.9. The van der Waals surface area contributed by atoms with Crippen molar-refractivity contribution in [3.05, 3.63) is 65.7 Å².